The van der Waals surface area contributed by atoms with E-state index in [0.29, 0.717) is 31.4 Å². The molecule has 7 atom stereocenters. The fourth-order valence-corrected chi connectivity index (χ4v) is 4.64. The van der Waals surface area contributed by atoms with Gasteiger partial charge >= 0.3 is 0 Å². The molecule has 1 aromatic carbocycles. The highest BCUT2D eigenvalue weighted by atomic mass is 16.6. The summed E-state index contributed by atoms with van der Waals surface area (Å²) in [6.07, 6.45) is 4.07. The van der Waals surface area contributed by atoms with E-state index in [0.717, 1.165) is 25.5 Å². The lowest BCUT2D eigenvalue weighted by Gasteiger charge is -2.26. The number of benzene rings is 1. The summed E-state index contributed by atoms with van der Waals surface area (Å²) >= 11 is 0. The molecule has 0 aromatic heterocycles. The molecule has 7 heteroatoms. The predicted octanol–water partition coefficient (Wildman–Crippen LogP) is 1.62. The van der Waals surface area contributed by atoms with Crippen molar-refractivity contribution in [1.82, 2.24) is 5.32 Å². The average Bonchev–Trinajstić information content (AvgIpc) is 3.23. The molecule has 29 heavy (non-hydrogen) atoms. The second kappa shape index (κ2) is 9.34. The summed E-state index contributed by atoms with van der Waals surface area (Å²) in [7, 11) is 0. The molecule has 1 amide bonds. The normalized spacial score (nSPS) is 36.1. The highest BCUT2D eigenvalue weighted by Gasteiger charge is 2.43. The fourth-order valence-electron chi connectivity index (χ4n) is 4.64. The lowest BCUT2D eigenvalue weighted by molar-refractivity contribution is -0.113. The van der Waals surface area contributed by atoms with E-state index in [1.54, 1.807) is 12.1 Å². The number of aliphatic hydroxyl groups excluding tert-OH is 1. The Balaban J connectivity index is 1.21. The number of aliphatic hydroxyl groups is 1. The standard InChI is InChI=1S/C22H29NO6/c24-9-8-15-10-16-12-21(27-15)20(28-16)7-6-19-18(25)11-17(29-19)13-23-22(26)14-4-2-1-3-5-14/h1-5,9,15-21,25H,6-8,10-13H2,(H,23,26)/t15-,16-,17+,18-,19-,20?,21+/m1/s1. The zero-order valence-corrected chi connectivity index (χ0v) is 16.4. The number of hydrogen-bond acceptors (Lipinski definition) is 6. The van der Waals surface area contributed by atoms with Crippen LogP contribution in [0.3, 0.4) is 0 Å². The smallest absolute Gasteiger partial charge is 0.251 e. The van der Waals surface area contributed by atoms with Crippen LogP contribution in [0.4, 0.5) is 0 Å². The number of nitrogens with one attached hydrogen (secondary N) is 1. The van der Waals surface area contributed by atoms with Crippen molar-refractivity contribution >= 4 is 12.2 Å². The first kappa shape index (κ1) is 20.5. The monoisotopic (exact) mass is 403 g/mol. The summed E-state index contributed by atoms with van der Waals surface area (Å²) < 4.78 is 18.1. The number of carbonyl (C=O) groups excluding carboxylic acids is 2. The first-order chi connectivity index (χ1) is 14.1. The van der Waals surface area contributed by atoms with Crippen LogP contribution in [0, 0.1) is 0 Å². The van der Waals surface area contributed by atoms with Crippen LogP contribution >= 0.6 is 0 Å². The molecular weight excluding hydrogens is 374 g/mol. The number of carbonyl (C=O) groups is 2. The maximum absolute atomic E-state index is 12.2. The van der Waals surface area contributed by atoms with Gasteiger partial charge in [-0.05, 0) is 25.0 Å². The SMILES string of the molecule is O=CC[C@@H]1C[C@@H]2C[C@H](O1)C(CC[C@H]1O[C@H](CNC(=O)c3ccccc3)C[C@H]1O)O2. The maximum Gasteiger partial charge on any atom is 0.251 e. The molecule has 3 fully saturated rings. The van der Waals surface area contributed by atoms with Gasteiger partial charge < -0.3 is 29.4 Å². The molecule has 3 aliphatic heterocycles. The summed E-state index contributed by atoms with van der Waals surface area (Å²) in [6.45, 7) is 0.377. The summed E-state index contributed by atoms with van der Waals surface area (Å²) in [6, 6.07) is 9.05. The van der Waals surface area contributed by atoms with Crippen LogP contribution in [0.15, 0.2) is 30.3 Å². The van der Waals surface area contributed by atoms with Crippen molar-refractivity contribution in [1.29, 1.82) is 0 Å². The zero-order valence-electron chi connectivity index (χ0n) is 16.4. The van der Waals surface area contributed by atoms with Crippen LogP contribution in [-0.4, -0.2) is 66.6 Å². The van der Waals surface area contributed by atoms with Crippen molar-refractivity contribution in [2.75, 3.05) is 6.54 Å². The van der Waals surface area contributed by atoms with Crippen molar-refractivity contribution in [2.45, 2.75) is 81.3 Å². The van der Waals surface area contributed by atoms with Gasteiger partial charge in [-0.3, -0.25) is 4.79 Å². The van der Waals surface area contributed by atoms with E-state index in [9.17, 15) is 14.7 Å². The van der Waals surface area contributed by atoms with Crippen molar-refractivity contribution in [3.8, 4) is 0 Å². The molecule has 2 N–H and O–H groups in total. The summed E-state index contributed by atoms with van der Waals surface area (Å²) in [5, 5.41) is 13.2. The Morgan fingerprint density at radius 1 is 1.03 bits per heavy atom. The molecule has 0 saturated carbocycles. The van der Waals surface area contributed by atoms with Gasteiger partial charge in [0.1, 0.15) is 6.29 Å². The van der Waals surface area contributed by atoms with E-state index in [2.05, 4.69) is 5.32 Å². The topological polar surface area (TPSA) is 94.1 Å². The summed E-state index contributed by atoms with van der Waals surface area (Å²) in [4.78, 5) is 22.9. The number of rotatable bonds is 8. The molecule has 158 valence electrons. The van der Waals surface area contributed by atoms with Gasteiger partial charge in [0.25, 0.3) is 5.91 Å². The second-order valence-electron chi connectivity index (χ2n) is 8.22. The molecule has 3 heterocycles. The van der Waals surface area contributed by atoms with Crippen molar-refractivity contribution < 1.29 is 28.9 Å². The van der Waals surface area contributed by atoms with Gasteiger partial charge in [-0.25, -0.2) is 0 Å². The van der Waals surface area contributed by atoms with Crippen LogP contribution in [0.5, 0.6) is 0 Å². The number of ether oxygens (including phenoxy) is 3. The number of amides is 1. The molecule has 3 saturated heterocycles. The van der Waals surface area contributed by atoms with Crippen LogP contribution < -0.4 is 5.32 Å². The quantitative estimate of drug-likeness (QED) is 0.641. The van der Waals surface area contributed by atoms with Crippen LogP contribution in [0.1, 0.15) is 48.9 Å². The number of aldehydes is 1. The third kappa shape index (κ3) is 5.04. The third-order valence-electron chi connectivity index (χ3n) is 6.09. The molecule has 3 aliphatic rings. The summed E-state index contributed by atoms with van der Waals surface area (Å²) in [5.74, 6) is -0.138. The molecular formula is C22H29NO6. The zero-order chi connectivity index (χ0) is 20.2. The van der Waals surface area contributed by atoms with Crippen LogP contribution in [-0.2, 0) is 19.0 Å². The Morgan fingerprint density at radius 3 is 2.62 bits per heavy atom. The second-order valence-corrected chi connectivity index (χ2v) is 8.22. The van der Waals surface area contributed by atoms with Gasteiger partial charge in [-0.2, -0.15) is 0 Å². The molecule has 0 spiro atoms. The number of fused-ring (bicyclic) bond motifs is 2. The fraction of sp³-hybridized carbons (Fsp3) is 0.636. The maximum atomic E-state index is 12.2. The van der Waals surface area contributed by atoms with Crippen LogP contribution in [0.25, 0.3) is 0 Å². The van der Waals surface area contributed by atoms with Gasteiger partial charge in [0.15, 0.2) is 0 Å². The molecule has 1 aromatic rings. The van der Waals surface area contributed by atoms with E-state index >= 15 is 0 Å². The highest BCUT2D eigenvalue weighted by molar-refractivity contribution is 5.94. The van der Waals surface area contributed by atoms with Gasteiger partial charge in [0.2, 0.25) is 0 Å². The molecule has 0 aliphatic carbocycles. The highest BCUT2D eigenvalue weighted by Crippen LogP contribution is 2.37. The minimum atomic E-state index is -0.543. The first-order valence-electron chi connectivity index (χ1n) is 10.5. The van der Waals surface area contributed by atoms with E-state index in [1.807, 2.05) is 18.2 Å². The minimum Gasteiger partial charge on any atom is -0.390 e. The lowest BCUT2D eigenvalue weighted by atomic mass is 9.97. The Kier molecular flexibility index (Phi) is 6.60. The Morgan fingerprint density at radius 2 is 1.83 bits per heavy atom. The third-order valence-corrected chi connectivity index (χ3v) is 6.09. The first-order valence-corrected chi connectivity index (χ1v) is 10.5. The van der Waals surface area contributed by atoms with Gasteiger partial charge in [-0.15, -0.1) is 0 Å². The van der Waals surface area contributed by atoms with Crippen molar-refractivity contribution in [3.63, 3.8) is 0 Å². The van der Waals surface area contributed by atoms with E-state index in [-0.39, 0.29) is 42.5 Å². The van der Waals surface area contributed by atoms with E-state index in [4.69, 9.17) is 14.2 Å². The molecule has 0 radical (unpaired) electrons. The van der Waals surface area contributed by atoms with E-state index in [1.165, 1.54) is 0 Å². The summed E-state index contributed by atoms with van der Waals surface area (Å²) in [5.41, 5.74) is 0.611. The largest absolute Gasteiger partial charge is 0.390 e. The molecule has 1 unspecified atom stereocenters. The average molecular weight is 403 g/mol. The van der Waals surface area contributed by atoms with Gasteiger partial charge in [0, 0.05) is 37.8 Å². The molecule has 2 bridgehead atoms. The molecule has 4 rings (SSSR count). The Labute approximate surface area is 170 Å². The molecule has 7 nitrogen and oxygen atoms in total. The van der Waals surface area contributed by atoms with E-state index < -0.39 is 6.10 Å². The minimum absolute atomic E-state index is 0.00992. The number of hydrogen-bond donors (Lipinski definition) is 2. The lowest BCUT2D eigenvalue weighted by Crippen LogP contribution is -2.33. The van der Waals surface area contributed by atoms with Crippen molar-refractivity contribution in [3.05, 3.63) is 35.9 Å². The van der Waals surface area contributed by atoms with Gasteiger partial charge in [0.05, 0.1) is 42.7 Å². The van der Waals surface area contributed by atoms with Crippen LogP contribution in [0.2, 0.25) is 0 Å². The van der Waals surface area contributed by atoms with Gasteiger partial charge in [-0.1, -0.05) is 18.2 Å². The predicted molar refractivity (Wildman–Crippen MR) is 105 cm³/mol. The van der Waals surface area contributed by atoms with Crippen molar-refractivity contribution in [2.24, 2.45) is 0 Å². The Bertz CT molecular complexity index is 698. The Hall–Kier alpha value is -1.80.